The Morgan fingerprint density at radius 3 is 2.23 bits per heavy atom. The highest BCUT2D eigenvalue weighted by atomic mass is 35.5. The van der Waals surface area contributed by atoms with Gasteiger partial charge in [-0.1, -0.05) is 41.9 Å². The summed E-state index contributed by atoms with van der Waals surface area (Å²) < 4.78 is 15.9. The molecule has 0 saturated carbocycles. The van der Waals surface area contributed by atoms with Crippen molar-refractivity contribution in [1.82, 2.24) is 0 Å². The summed E-state index contributed by atoms with van der Waals surface area (Å²) in [7, 11) is 2.99. The molecule has 0 aliphatic carbocycles. The minimum absolute atomic E-state index is 0.169. The second-order valence-electron chi connectivity index (χ2n) is 6.20. The molecule has 0 radical (unpaired) electrons. The maximum atomic E-state index is 12.7. The van der Waals surface area contributed by atoms with Crippen LogP contribution >= 0.6 is 11.6 Å². The molecule has 0 amide bonds. The number of para-hydroxylation sites is 1. The topological polar surface area (TPSA) is 61.8 Å². The van der Waals surface area contributed by atoms with Crippen molar-refractivity contribution in [2.24, 2.45) is 0 Å². The van der Waals surface area contributed by atoms with E-state index in [1.807, 2.05) is 0 Å². The molecule has 6 heteroatoms. The summed E-state index contributed by atoms with van der Waals surface area (Å²) in [5, 5.41) is 0.617. The van der Waals surface area contributed by atoms with E-state index in [0.717, 1.165) is 5.56 Å². The van der Waals surface area contributed by atoms with Gasteiger partial charge in [0.2, 0.25) is 0 Å². The number of benzene rings is 3. The fraction of sp³-hybridized carbons (Fsp3) is 0.0833. The fourth-order valence-corrected chi connectivity index (χ4v) is 2.84. The van der Waals surface area contributed by atoms with Gasteiger partial charge in [-0.05, 0) is 54.1 Å². The van der Waals surface area contributed by atoms with Crippen molar-refractivity contribution in [1.29, 1.82) is 0 Å². The van der Waals surface area contributed by atoms with Gasteiger partial charge in [0.25, 0.3) is 0 Å². The van der Waals surface area contributed by atoms with E-state index in [-0.39, 0.29) is 22.7 Å². The molecule has 0 aliphatic heterocycles. The summed E-state index contributed by atoms with van der Waals surface area (Å²) in [4.78, 5) is 25.3. The fourth-order valence-electron chi connectivity index (χ4n) is 2.72. The Labute approximate surface area is 179 Å². The predicted octanol–water partition coefficient (Wildman–Crippen LogP) is 5.47. The zero-order valence-electron chi connectivity index (χ0n) is 16.4. The third-order valence-corrected chi connectivity index (χ3v) is 4.52. The number of carbonyl (C=O) groups excluding carboxylic acids is 2. The van der Waals surface area contributed by atoms with Gasteiger partial charge in [-0.3, -0.25) is 4.79 Å². The zero-order valence-corrected chi connectivity index (χ0v) is 17.2. The van der Waals surface area contributed by atoms with E-state index in [1.54, 1.807) is 66.7 Å². The van der Waals surface area contributed by atoms with Crippen molar-refractivity contribution < 1.29 is 23.8 Å². The normalized spacial score (nSPS) is 10.6. The quantitative estimate of drug-likeness (QED) is 0.218. The standard InChI is InChI=1S/C24H19ClO5/c1-28-22-14-10-17(15-23(22)29-2)24(27)30-21-6-4-3-5-19(21)20(26)13-9-16-7-11-18(25)12-8-16/h3-15H,1-2H3/b13-9+. The highest BCUT2D eigenvalue weighted by molar-refractivity contribution is 6.30. The number of esters is 1. The summed E-state index contributed by atoms with van der Waals surface area (Å²) in [5.74, 6) is 0.167. The Bertz CT molecular complexity index is 1090. The molecule has 30 heavy (non-hydrogen) atoms. The van der Waals surface area contributed by atoms with E-state index >= 15 is 0 Å². The van der Waals surface area contributed by atoms with Crippen molar-refractivity contribution in [3.05, 3.63) is 94.5 Å². The van der Waals surface area contributed by atoms with Gasteiger partial charge in [0.05, 0.1) is 25.3 Å². The van der Waals surface area contributed by atoms with Crippen molar-refractivity contribution >= 4 is 29.4 Å². The maximum Gasteiger partial charge on any atom is 0.343 e. The summed E-state index contributed by atoms with van der Waals surface area (Å²) >= 11 is 5.87. The number of hydrogen-bond donors (Lipinski definition) is 0. The van der Waals surface area contributed by atoms with Gasteiger partial charge in [-0.25, -0.2) is 4.79 Å². The number of rotatable bonds is 7. The van der Waals surface area contributed by atoms with Crippen LogP contribution in [0.2, 0.25) is 5.02 Å². The number of ketones is 1. The lowest BCUT2D eigenvalue weighted by atomic mass is 10.1. The van der Waals surface area contributed by atoms with Gasteiger partial charge in [-0.15, -0.1) is 0 Å². The largest absolute Gasteiger partial charge is 0.493 e. The smallest absolute Gasteiger partial charge is 0.343 e. The third kappa shape index (κ3) is 5.07. The molecule has 0 unspecified atom stereocenters. The minimum atomic E-state index is -0.613. The Balaban J connectivity index is 1.80. The van der Waals surface area contributed by atoms with Crippen LogP contribution in [-0.4, -0.2) is 26.0 Å². The molecule has 0 atom stereocenters. The molecule has 0 fully saturated rings. The molecule has 3 aromatic carbocycles. The van der Waals surface area contributed by atoms with Gasteiger partial charge in [0, 0.05) is 5.02 Å². The van der Waals surface area contributed by atoms with Crippen LogP contribution < -0.4 is 14.2 Å². The molecule has 3 aromatic rings. The Morgan fingerprint density at radius 2 is 1.53 bits per heavy atom. The molecule has 0 aromatic heterocycles. The Morgan fingerprint density at radius 1 is 0.833 bits per heavy atom. The van der Waals surface area contributed by atoms with E-state index in [4.69, 9.17) is 25.8 Å². The van der Waals surface area contributed by atoms with Gasteiger partial charge in [0.15, 0.2) is 17.3 Å². The monoisotopic (exact) mass is 422 g/mol. The van der Waals surface area contributed by atoms with Gasteiger partial charge in [0.1, 0.15) is 5.75 Å². The molecule has 0 spiro atoms. The summed E-state index contributed by atoms with van der Waals surface area (Å²) in [6, 6.07) is 18.4. The number of carbonyl (C=O) groups is 2. The zero-order chi connectivity index (χ0) is 21.5. The number of hydrogen-bond acceptors (Lipinski definition) is 5. The van der Waals surface area contributed by atoms with E-state index in [0.29, 0.717) is 16.5 Å². The van der Waals surface area contributed by atoms with Gasteiger partial charge in [-0.2, -0.15) is 0 Å². The van der Waals surface area contributed by atoms with Gasteiger partial charge >= 0.3 is 5.97 Å². The van der Waals surface area contributed by atoms with Crippen LogP contribution in [0.1, 0.15) is 26.3 Å². The van der Waals surface area contributed by atoms with Crippen LogP contribution in [0.25, 0.3) is 6.08 Å². The molecule has 0 saturated heterocycles. The minimum Gasteiger partial charge on any atom is -0.493 e. The van der Waals surface area contributed by atoms with E-state index in [2.05, 4.69) is 0 Å². The lowest BCUT2D eigenvalue weighted by molar-refractivity contribution is 0.0732. The average Bonchev–Trinajstić information content (AvgIpc) is 2.78. The number of ether oxygens (including phenoxy) is 3. The van der Waals surface area contributed by atoms with Crippen molar-refractivity contribution in [2.45, 2.75) is 0 Å². The number of allylic oxidation sites excluding steroid dienone is 1. The Hall–Kier alpha value is -3.57. The van der Waals surface area contributed by atoms with E-state index < -0.39 is 5.97 Å². The maximum absolute atomic E-state index is 12.7. The molecular formula is C24H19ClO5. The second kappa shape index (κ2) is 9.76. The van der Waals surface area contributed by atoms with E-state index in [9.17, 15) is 9.59 Å². The number of halogens is 1. The first kappa shape index (κ1) is 21.1. The average molecular weight is 423 g/mol. The molecule has 152 valence electrons. The SMILES string of the molecule is COc1ccc(C(=O)Oc2ccccc2C(=O)/C=C/c2ccc(Cl)cc2)cc1OC. The first-order valence-corrected chi connectivity index (χ1v) is 9.41. The molecule has 0 bridgehead atoms. The van der Waals surface area contributed by atoms with Crippen LogP contribution in [0.4, 0.5) is 0 Å². The lowest BCUT2D eigenvalue weighted by Crippen LogP contribution is -2.11. The molecule has 0 aliphatic rings. The first-order chi connectivity index (χ1) is 14.5. The molecule has 0 N–H and O–H groups in total. The van der Waals surface area contributed by atoms with Crippen LogP contribution in [-0.2, 0) is 0 Å². The molecule has 0 heterocycles. The predicted molar refractivity (Wildman–Crippen MR) is 116 cm³/mol. The van der Waals surface area contributed by atoms with Crippen LogP contribution in [0.5, 0.6) is 17.2 Å². The summed E-state index contributed by atoms with van der Waals surface area (Å²) in [6.45, 7) is 0. The van der Waals surface area contributed by atoms with Crippen LogP contribution in [0.15, 0.2) is 72.8 Å². The van der Waals surface area contributed by atoms with Gasteiger partial charge < -0.3 is 14.2 Å². The lowest BCUT2D eigenvalue weighted by Gasteiger charge is -2.11. The van der Waals surface area contributed by atoms with Crippen LogP contribution in [0.3, 0.4) is 0 Å². The van der Waals surface area contributed by atoms with Crippen molar-refractivity contribution in [3.8, 4) is 17.2 Å². The third-order valence-electron chi connectivity index (χ3n) is 4.27. The number of methoxy groups -OCH3 is 2. The second-order valence-corrected chi connectivity index (χ2v) is 6.64. The summed E-state index contributed by atoms with van der Waals surface area (Å²) in [6.07, 6.45) is 3.10. The van der Waals surface area contributed by atoms with Crippen molar-refractivity contribution in [2.75, 3.05) is 14.2 Å². The molecule has 3 rings (SSSR count). The van der Waals surface area contributed by atoms with E-state index in [1.165, 1.54) is 26.4 Å². The highest BCUT2D eigenvalue weighted by Gasteiger charge is 2.16. The Kier molecular flexibility index (Phi) is 6.88. The first-order valence-electron chi connectivity index (χ1n) is 9.03. The van der Waals surface area contributed by atoms with Crippen LogP contribution in [0, 0.1) is 0 Å². The molecular weight excluding hydrogens is 404 g/mol. The van der Waals surface area contributed by atoms with Crippen molar-refractivity contribution in [3.63, 3.8) is 0 Å². The highest BCUT2D eigenvalue weighted by Crippen LogP contribution is 2.28. The molecule has 5 nitrogen and oxygen atoms in total. The summed E-state index contributed by atoms with van der Waals surface area (Å²) in [5.41, 5.74) is 1.37.